The van der Waals surface area contributed by atoms with E-state index in [1.807, 2.05) is 12.1 Å². The van der Waals surface area contributed by atoms with Gasteiger partial charge in [-0.15, -0.1) is 0 Å². The Kier molecular flexibility index (Phi) is 6.43. The monoisotopic (exact) mass is 438 g/mol. The molecule has 0 atom stereocenters. The number of carbonyl (C=O) groups excluding carboxylic acids is 1. The molecule has 1 saturated heterocycles. The number of anilines is 2. The number of imidazole rings is 1. The van der Waals surface area contributed by atoms with Crippen LogP contribution in [0.1, 0.15) is 38.5 Å². The molecule has 0 radical (unpaired) electrons. The Bertz CT molecular complexity index is 1210. The molecule has 4 rings (SSSR count). The molecule has 1 aliphatic rings. The standard InChI is InChI=1S/C23H30N6O3/c1-26-21-20(22(31)27(2)23(26)32)29(16-24-21)15-7-8-19(30)25-17-9-11-18(12-10-17)28-13-5-3-4-6-14-28/h9-12,16H,3-8,13-15H2,1-2H3,(H,25,30). The molecule has 1 fully saturated rings. The predicted octanol–water partition coefficient (Wildman–Crippen LogP) is 2.23. The van der Waals surface area contributed by atoms with E-state index in [-0.39, 0.29) is 11.5 Å². The van der Waals surface area contributed by atoms with Crippen molar-refractivity contribution >= 4 is 28.4 Å². The van der Waals surface area contributed by atoms with Crippen molar-refractivity contribution in [1.29, 1.82) is 0 Å². The van der Waals surface area contributed by atoms with Crippen molar-refractivity contribution in [3.05, 3.63) is 51.4 Å². The van der Waals surface area contributed by atoms with Gasteiger partial charge in [-0.05, 0) is 43.5 Å². The van der Waals surface area contributed by atoms with E-state index in [1.54, 1.807) is 17.9 Å². The molecule has 9 nitrogen and oxygen atoms in total. The SMILES string of the molecule is Cn1c(=O)c2c(ncn2CCCC(=O)Nc2ccc(N3CCCCCC3)cc2)n(C)c1=O. The third-order valence-electron chi connectivity index (χ3n) is 6.14. The number of hydrogen-bond donors (Lipinski definition) is 1. The second-order valence-electron chi connectivity index (χ2n) is 8.42. The summed E-state index contributed by atoms with van der Waals surface area (Å²) in [5, 5.41) is 2.95. The highest BCUT2D eigenvalue weighted by Gasteiger charge is 2.14. The number of rotatable bonds is 6. The van der Waals surface area contributed by atoms with Crippen molar-refractivity contribution in [2.24, 2.45) is 14.1 Å². The van der Waals surface area contributed by atoms with E-state index < -0.39 is 5.69 Å². The number of aryl methyl sites for hydroxylation is 2. The molecule has 0 bridgehead atoms. The summed E-state index contributed by atoms with van der Waals surface area (Å²) in [5.41, 5.74) is 1.92. The maximum absolute atomic E-state index is 12.5. The zero-order valence-electron chi connectivity index (χ0n) is 18.7. The molecule has 0 aliphatic carbocycles. The predicted molar refractivity (Wildman–Crippen MR) is 125 cm³/mol. The van der Waals surface area contributed by atoms with Gasteiger partial charge in [-0.25, -0.2) is 9.78 Å². The van der Waals surface area contributed by atoms with E-state index in [1.165, 1.54) is 43.0 Å². The van der Waals surface area contributed by atoms with Gasteiger partial charge in [0.1, 0.15) is 0 Å². The van der Waals surface area contributed by atoms with Crippen LogP contribution in [0.4, 0.5) is 11.4 Å². The lowest BCUT2D eigenvalue weighted by Crippen LogP contribution is -2.37. The lowest BCUT2D eigenvalue weighted by Gasteiger charge is -2.22. The molecule has 0 saturated carbocycles. The Hall–Kier alpha value is -3.36. The first-order chi connectivity index (χ1) is 15.5. The highest BCUT2D eigenvalue weighted by atomic mass is 16.2. The Balaban J connectivity index is 1.34. The van der Waals surface area contributed by atoms with Crippen LogP contribution < -0.4 is 21.5 Å². The Morgan fingerprint density at radius 2 is 1.69 bits per heavy atom. The number of fused-ring (bicyclic) bond motifs is 1. The Labute approximate surface area is 186 Å². The van der Waals surface area contributed by atoms with Crippen LogP contribution in [0.5, 0.6) is 0 Å². The van der Waals surface area contributed by atoms with Gasteiger partial charge in [0.05, 0.1) is 6.33 Å². The minimum Gasteiger partial charge on any atom is -0.372 e. The summed E-state index contributed by atoms with van der Waals surface area (Å²) < 4.78 is 4.14. The second kappa shape index (κ2) is 9.42. The number of aromatic nitrogens is 4. The maximum atomic E-state index is 12.5. The summed E-state index contributed by atoms with van der Waals surface area (Å²) in [6.07, 6.45) is 7.47. The zero-order chi connectivity index (χ0) is 22.7. The van der Waals surface area contributed by atoms with Gasteiger partial charge >= 0.3 is 5.69 Å². The van der Waals surface area contributed by atoms with E-state index >= 15 is 0 Å². The van der Waals surface area contributed by atoms with E-state index in [0.29, 0.717) is 30.6 Å². The fourth-order valence-electron chi connectivity index (χ4n) is 4.28. The lowest BCUT2D eigenvalue weighted by atomic mass is 10.2. The van der Waals surface area contributed by atoms with Gasteiger partial charge in [0.25, 0.3) is 5.56 Å². The van der Waals surface area contributed by atoms with Gasteiger partial charge in [-0.3, -0.25) is 18.7 Å². The second-order valence-corrected chi connectivity index (χ2v) is 8.42. The molecule has 1 aliphatic heterocycles. The summed E-state index contributed by atoms with van der Waals surface area (Å²) in [5.74, 6) is -0.0720. The number of amides is 1. The van der Waals surface area contributed by atoms with Crippen LogP contribution >= 0.6 is 0 Å². The van der Waals surface area contributed by atoms with Gasteiger partial charge in [-0.1, -0.05) is 12.8 Å². The first-order valence-electron chi connectivity index (χ1n) is 11.2. The number of nitrogens with one attached hydrogen (secondary N) is 1. The van der Waals surface area contributed by atoms with Gasteiger partial charge < -0.3 is 14.8 Å². The molecule has 32 heavy (non-hydrogen) atoms. The quantitative estimate of drug-likeness (QED) is 0.637. The van der Waals surface area contributed by atoms with E-state index in [4.69, 9.17) is 0 Å². The third kappa shape index (κ3) is 4.46. The fraction of sp³-hybridized carbons (Fsp3) is 0.478. The van der Waals surface area contributed by atoms with Gasteiger partial charge in [0, 0.05) is 51.5 Å². The molecule has 0 unspecified atom stereocenters. The first-order valence-corrected chi connectivity index (χ1v) is 11.2. The molecule has 3 aromatic rings. The van der Waals surface area contributed by atoms with Crippen molar-refractivity contribution in [2.45, 2.75) is 45.1 Å². The van der Waals surface area contributed by atoms with Crippen molar-refractivity contribution < 1.29 is 4.79 Å². The van der Waals surface area contributed by atoms with E-state index in [0.717, 1.165) is 23.3 Å². The average Bonchev–Trinajstić information content (AvgIpc) is 3.02. The highest BCUT2D eigenvalue weighted by Crippen LogP contribution is 2.21. The lowest BCUT2D eigenvalue weighted by molar-refractivity contribution is -0.116. The normalized spacial score (nSPS) is 14.5. The van der Waals surface area contributed by atoms with Crippen molar-refractivity contribution in [1.82, 2.24) is 18.7 Å². The van der Waals surface area contributed by atoms with Crippen molar-refractivity contribution in [2.75, 3.05) is 23.3 Å². The van der Waals surface area contributed by atoms with Gasteiger partial charge in [0.15, 0.2) is 11.2 Å². The molecular formula is C23H30N6O3. The fourth-order valence-corrected chi connectivity index (χ4v) is 4.28. The summed E-state index contributed by atoms with van der Waals surface area (Å²) >= 11 is 0. The molecule has 170 valence electrons. The smallest absolute Gasteiger partial charge is 0.332 e. The van der Waals surface area contributed by atoms with Crippen LogP contribution in [0.2, 0.25) is 0 Å². The van der Waals surface area contributed by atoms with Gasteiger partial charge in [0.2, 0.25) is 5.91 Å². The maximum Gasteiger partial charge on any atom is 0.332 e. The van der Waals surface area contributed by atoms with Crippen LogP contribution in [0.3, 0.4) is 0 Å². The number of benzene rings is 1. The molecule has 3 heterocycles. The molecule has 1 aromatic carbocycles. The largest absolute Gasteiger partial charge is 0.372 e. The third-order valence-corrected chi connectivity index (χ3v) is 6.14. The highest BCUT2D eigenvalue weighted by molar-refractivity contribution is 5.90. The molecule has 1 N–H and O–H groups in total. The summed E-state index contributed by atoms with van der Waals surface area (Å²) in [6, 6.07) is 8.04. The van der Waals surface area contributed by atoms with Gasteiger partial charge in [-0.2, -0.15) is 0 Å². The van der Waals surface area contributed by atoms with Crippen LogP contribution in [-0.2, 0) is 25.4 Å². The topological polar surface area (TPSA) is 94.2 Å². The molecule has 9 heteroatoms. The number of hydrogen-bond acceptors (Lipinski definition) is 5. The molecule has 2 aromatic heterocycles. The molecule has 1 amide bonds. The Morgan fingerprint density at radius 1 is 1.00 bits per heavy atom. The Morgan fingerprint density at radius 3 is 2.38 bits per heavy atom. The zero-order valence-corrected chi connectivity index (χ0v) is 18.7. The average molecular weight is 439 g/mol. The number of carbonyl (C=O) groups is 1. The van der Waals surface area contributed by atoms with Crippen molar-refractivity contribution in [3.8, 4) is 0 Å². The van der Waals surface area contributed by atoms with Crippen LogP contribution in [0, 0.1) is 0 Å². The molecule has 0 spiro atoms. The van der Waals surface area contributed by atoms with Crippen LogP contribution in [-0.4, -0.2) is 37.7 Å². The minimum atomic E-state index is -0.408. The molecular weight excluding hydrogens is 408 g/mol. The summed E-state index contributed by atoms with van der Waals surface area (Å²) in [7, 11) is 3.04. The van der Waals surface area contributed by atoms with E-state index in [2.05, 4.69) is 27.3 Å². The minimum absolute atomic E-state index is 0.0720. The van der Waals surface area contributed by atoms with Crippen molar-refractivity contribution in [3.63, 3.8) is 0 Å². The summed E-state index contributed by atoms with van der Waals surface area (Å²) in [6.45, 7) is 2.64. The van der Waals surface area contributed by atoms with Crippen LogP contribution in [0.25, 0.3) is 11.2 Å². The number of nitrogens with zero attached hydrogens (tertiary/aromatic N) is 5. The van der Waals surface area contributed by atoms with Crippen LogP contribution in [0.15, 0.2) is 40.2 Å². The van der Waals surface area contributed by atoms with E-state index in [9.17, 15) is 14.4 Å². The first kappa shape index (κ1) is 21.9. The summed E-state index contributed by atoms with van der Waals surface area (Å²) in [4.78, 5) is 43.5.